The molecule has 0 radical (unpaired) electrons. The number of amides is 1. The van der Waals surface area contributed by atoms with Crippen LogP contribution in [0.2, 0.25) is 0 Å². The van der Waals surface area contributed by atoms with Crippen molar-refractivity contribution in [1.29, 1.82) is 0 Å². The van der Waals surface area contributed by atoms with E-state index in [0.29, 0.717) is 28.9 Å². The van der Waals surface area contributed by atoms with E-state index < -0.39 is 5.97 Å². The fourth-order valence-electron chi connectivity index (χ4n) is 2.51. The maximum absolute atomic E-state index is 12.0. The first-order valence-electron chi connectivity index (χ1n) is 7.35. The minimum absolute atomic E-state index is 0.0215. The van der Waals surface area contributed by atoms with Crippen LogP contribution in [0.5, 0.6) is 0 Å². The average molecular weight is 331 g/mol. The zero-order valence-electron chi connectivity index (χ0n) is 12.7. The fourth-order valence-corrected chi connectivity index (χ4v) is 3.24. The Hall–Kier alpha value is -2.41. The molecule has 1 aliphatic carbocycles. The molecule has 0 bridgehead atoms. The summed E-state index contributed by atoms with van der Waals surface area (Å²) < 4.78 is 4.66. The minimum Gasteiger partial charge on any atom is -0.464 e. The third-order valence-corrected chi connectivity index (χ3v) is 4.45. The molecular formula is C16H17N3O3S. The number of esters is 1. The van der Waals surface area contributed by atoms with E-state index in [1.54, 1.807) is 12.3 Å². The first-order valence-corrected chi connectivity index (χ1v) is 8.23. The van der Waals surface area contributed by atoms with Crippen molar-refractivity contribution in [2.45, 2.75) is 19.3 Å². The van der Waals surface area contributed by atoms with Crippen LogP contribution in [0, 0.1) is 5.92 Å². The zero-order valence-corrected chi connectivity index (χ0v) is 13.5. The molecule has 1 amide bonds. The van der Waals surface area contributed by atoms with Gasteiger partial charge in [-0.05, 0) is 24.8 Å². The van der Waals surface area contributed by atoms with Gasteiger partial charge in [-0.3, -0.25) is 4.79 Å². The van der Waals surface area contributed by atoms with Crippen LogP contribution in [-0.2, 0) is 9.53 Å². The van der Waals surface area contributed by atoms with Gasteiger partial charge in [-0.2, -0.15) is 0 Å². The Kier molecular flexibility index (Phi) is 4.57. The SMILES string of the molecule is COC(=O)c1cc(-c2csc(NC(=O)CC3C=CCC3)n2)c[nH]1. The number of carbonyl (C=O) groups is 2. The van der Waals surface area contributed by atoms with Gasteiger partial charge in [0.1, 0.15) is 5.69 Å². The number of rotatable bonds is 5. The summed E-state index contributed by atoms with van der Waals surface area (Å²) >= 11 is 1.36. The zero-order chi connectivity index (χ0) is 16.2. The van der Waals surface area contributed by atoms with E-state index in [-0.39, 0.29) is 5.91 Å². The number of thiazole rings is 1. The first kappa shape index (κ1) is 15.5. The van der Waals surface area contributed by atoms with Crippen molar-refractivity contribution < 1.29 is 14.3 Å². The van der Waals surface area contributed by atoms with Crippen LogP contribution in [0.15, 0.2) is 29.8 Å². The highest BCUT2D eigenvalue weighted by molar-refractivity contribution is 7.14. The molecule has 0 saturated heterocycles. The molecular weight excluding hydrogens is 314 g/mol. The predicted octanol–water partition coefficient (Wildman–Crippen LogP) is 3.22. The van der Waals surface area contributed by atoms with Gasteiger partial charge in [-0.25, -0.2) is 9.78 Å². The van der Waals surface area contributed by atoms with E-state index in [1.807, 2.05) is 5.38 Å². The van der Waals surface area contributed by atoms with Gasteiger partial charge in [0.05, 0.1) is 12.8 Å². The second-order valence-electron chi connectivity index (χ2n) is 5.35. The summed E-state index contributed by atoms with van der Waals surface area (Å²) in [5.41, 5.74) is 1.85. The van der Waals surface area contributed by atoms with Crippen molar-refractivity contribution in [2.24, 2.45) is 5.92 Å². The van der Waals surface area contributed by atoms with Crippen LogP contribution in [0.1, 0.15) is 29.8 Å². The van der Waals surface area contributed by atoms with Crippen LogP contribution in [0.4, 0.5) is 5.13 Å². The topological polar surface area (TPSA) is 84.1 Å². The van der Waals surface area contributed by atoms with Crippen molar-refractivity contribution in [3.05, 3.63) is 35.5 Å². The van der Waals surface area contributed by atoms with Gasteiger partial charge >= 0.3 is 5.97 Å². The maximum Gasteiger partial charge on any atom is 0.354 e. The van der Waals surface area contributed by atoms with Crippen LogP contribution in [-0.4, -0.2) is 29.0 Å². The Labute approximate surface area is 137 Å². The number of hydrogen-bond donors (Lipinski definition) is 2. The molecule has 1 atom stereocenters. The maximum atomic E-state index is 12.0. The Morgan fingerprint density at radius 1 is 1.52 bits per heavy atom. The highest BCUT2D eigenvalue weighted by Crippen LogP contribution is 2.26. The van der Waals surface area contributed by atoms with Gasteiger partial charge in [-0.1, -0.05) is 12.2 Å². The summed E-state index contributed by atoms with van der Waals surface area (Å²) in [4.78, 5) is 30.7. The molecule has 2 N–H and O–H groups in total. The predicted molar refractivity (Wildman–Crippen MR) is 88.4 cm³/mol. The van der Waals surface area contributed by atoms with Crippen molar-refractivity contribution in [1.82, 2.24) is 9.97 Å². The van der Waals surface area contributed by atoms with E-state index >= 15 is 0 Å². The molecule has 1 unspecified atom stereocenters. The van der Waals surface area contributed by atoms with E-state index in [1.165, 1.54) is 18.4 Å². The van der Waals surface area contributed by atoms with Gasteiger partial charge in [0, 0.05) is 23.6 Å². The fraction of sp³-hybridized carbons (Fsp3) is 0.312. The molecule has 0 spiro atoms. The average Bonchev–Trinajstić information content (AvgIpc) is 3.26. The third-order valence-electron chi connectivity index (χ3n) is 3.69. The Balaban J connectivity index is 1.63. The van der Waals surface area contributed by atoms with Crippen LogP contribution >= 0.6 is 11.3 Å². The second kappa shape index (κ2) is 6.78. The van der Waals surface area contributed by atoms with E-state index in [9.17, 15) is 9.59 Å². The smallest absolute Gasteiger partial charge is 0.354 e. The van der Waals surface area contributed by atoms with E-state index in [0.717, 1.165) is 18.4 Å². The monoisotopic (exact) mass is 331 g/mol. The van der Waals surface area contributed by atoms with Crippen molar-refractivity contribution >= 4 is 28.3 Å². The van der Waals surface area contributed by atoms with E-state index in [2.05, 4.69) is 32.2 Å². The molecule has 2 aromatic heterocycles. The summed E-state index contributed by atoms with van der Waals surface area (Å²) in [5, 5.41) is 5.24. The first-order chi connectivity index (χ1) is 11.2. The normalized spacial score (nSPS) is 16.5. The van der Waals surface area contributed by atoms with E-state index in [4.69, 9.17) is 0 Å². The molecule has 1 aliphatic rings. The lowest BCUT2D eigenvalue weighted by molar-refractivity contribution is -0.116. The second-order valence-corrected chi connectivity index (χ2v) is 6.21. The molecule has 2 heterocycles. The van der Waals surface area contributed by atoms with Crippen molar-refractivity contribution in [3.63, 3.8) is 0 Å². The van der Waals surface area contributed by atoms with Crippen molar-refractivity contribution in [2.75, 3.05) is 12.4 Å². The molecule has 0 aliphatic heterocycles. The lowest BCUT2D eigenvalue weighted by Crippen LogP contribution is -2.14. The summed E-state index contributed by atoms with van der Waals surface area (Å²) in [6.07, 6.45) is 8.48. The third kappa shape index (κ3) is 3.68. The number of ether oxygens (including phenoxy) is 1. The summed E-state index contributed by atoms with van der Waals surface area (Å²) in [5.74, 6) is -0.113. The standard InChI is InChI=1S/C16H17N3O3S/c1-22-15(21)12-7-11(8-17-12)13-9-23-16(18-13)19-14(20)6-10-4-2-3-5-10/h2,4,7-10,17H,3,5-6H2,1H3,(H,18,19,20). The van der Waals surface area contributed by atoms with Crippen molar-refractivity contribution in [3.8, 4) is 11.3 Å². The van der Waals surface area contributed by atoms with Gasteiger partial charge in [-0.15, -0.1) is 11.3 Å². The summed E-state index contributed by atoms with van der Waals surface area (Å²) in [6, 6.07) is 1.68. The largest absolute Gasteiger partial charge is 0.464 e. The summed E-state index contributed by atoms with van der Waals surface area (Å²) in [6.45, 7) is 0. The lowest BCUT2D eigenvalue weighted by atomic mass is 10.1. The van der Waals surface area contributed by atoms with Crippen LogP contribution < -0.4 is 5.32 Å². The number of allylic oxidation sites excluding steroid dienone is 2. The quantitative estimate of drug-likeness (QED) is 0.651. The molecule has 0 saturated carbocycles. The number of aromatic amines is 1. The molecule has 3 rings (SSSR count). The Morgan fingerprint density at radius 2 is 2.39 bits per heavy atom. The number of anilines is 1. The van der Waals surface area contributed by atoms with Crippen LogP contribution in [0.3, 0.4) is 0 Å². The molecule has 0 aromatic carbocycles. The number of nitrogens with one attached hydrogen (secondary N) is 2. The Morgan fingerprint density at radius 3 is 3.13 bits per heavy atom. The van der Waals surface area contributed by atoms with Gasteiger partial charge < -0.3 is 15.0 Å². The Bertz CT molecular complexity index is 747. The number of carbonyl (C=O) groups excluding carboxylic acids is 2. The minimum atomic E-state index is -0.426. The molecule has 6 nitrogen and oxygen atoms in total. The number of hydrogen-bond acceptors (Lipinski definition) is 5. The summed E-state index contributed by atoms with van der Waals surface area (Å²) in [7, 11) is 1.33. The number of nitrogens with zero attached hydrogens (tertiary/aromatic N) is 1. The van der Waals surface area contributed by atoms with Gasteiger partial charge in [0.2, 0.25) is 5.91 Å². The lowest BCUT2D eigenvalue weighted by Gasteiger charge is -2.06. The molecule has 120 valence electrons. The number of H-pyrrole nitrogens is 1. The van der Waals surface area contributed by atoms with Crippen LogP contribution in [0.25, 0.3) is 11.3 Å². The van der Waals surface area contributed by atoms with Gasteiger partial charge in [0.15, 0.2) is 5.13 Å². The highest BCUT2D eigenvalue weighted by Gasteiger charge is 2.16. The number of aromatic nitrogens is 2. The number of methoxy groups -OCH3 is 1. The molecule has 7 heteroatoms. The molecule has 23 heavy (non-hydrogen) atoms. The van der Waals surface area contributed by atoms with Gasteiger partial charge in [0.25, 0.3) is 0 Å². The highest BCUT2D eigenvalue weighted by atomic mass is 32.1. The molecule has 2 aromatic rings. The molecule has 0 fully saturated rings.